The van der Waals surface area contributed by atoms with Crippen molar-refractivity contribution >= 4 is 6.29 Å². The maximum atomic E-state index is 10.2. The Balaban J connectivity index is 3.52. The number of carbonyl (C=O) groups excluding carboxylic acids is 1. The van der Waals surface area contributed by atoms with E-state index in [0.29, 0.717) is 6.29 Å². The summed E-state index contributed by atoms with van der Waals surface area (Å²) in [5.74, 6) is 0. The molecule has 6 nitrogen and oxygen atoms in total. The van der Waals surface area contributed by atoms with Gasteiger partial charge in [0.1, 0.15) is 6.10 Å². The summed E-state index contributed by atoms with van der Waals surface area (Å²) in [4.78, 5) is 10.2. The monoisotopic (exact) mass is 194 g/mol. The normalized spacial score (nSPS) is 15.3. The first-order valence-electron chi connectivity index (χ1n) is 3.82. The molecule has 13 heavy (non-hydrogen) atoms. The lowest BCUT2D eigenvalue weighted by molar-refractivity contribution is -0.168. The number of aliphatic hydroxyl groups is 3. The van der Waals surface area contributed by atoms with Crippen molar-refractivity contribution < 1.29 is 29.6 Å². The molecule has 0 aliphatic heterocycles. The zero-order valence-electron chi connectivity index (χ0n) is 7.13. The van der Waals surface area contributed by atoms with Crippen LogP contribution in [0.15, 0.2) is 0 Å². The molecule has 0 aliphatic rings. The van der Waals surface area contributed by atoms with Crippen LogP contribution in [0.4, 0.5) is 0 Å². The van der Waals surface area contributed by atoms with Crippen LogP contribution in [0.2, 0.25) is 0 Å². The standard InChI is InChI=1S/C7H14O6/c8-1-2-12-7(4-10)13-5-6(11)3-9/h4,6-9,11H,1-3,5H2. The average molecular weight is 194 g/mol. The summed E-state index contributed by atoms with van der Waals surface area (Å²) < 4.78 is 9.44. The van der Waals surface area contributed by atoms with Gasteiger partial charge in [-0.25, -0.2) is 0 Å². The molecule has 78 valence electrons. The van der Waals surface area contributed by atoms with Crippen molar-refractivity contribution in [3.05, 3.63) is 0 Å². The van der Waals surface area contributed by atoms with Gasteiger partial charge in [0.05, 0.1) is 26.4 Å². The fourth-order valence-electron chi connectivity index (χ4n) is 0.554. The number of hydrogen-bond acceptors (Lipinski definition) is 6. The van der Waals surface area contributed by atoms with Crippen molar-refractivity contribution in [3.8, 4) is 0 Å². The Hall–Kier alpha value is -0.530. The van der Waals surface area contributed by atoms with Crippen LogP contribution in [-0.2, 0) is 14.3 Å². The topological polar surface area (TPSA) is 96.2 Å². The Labute approximate surface area is 75.7 Å². The molecule has 0 aromatic heterocycles. The van der Waals surface area contributed by atoms with Gasteiger partial charge in [0, 0.05) is 0 Å². The predicted octanol–water partition coefficient (Wildman–Crippen LogP) is -2.11. The lowest BCUT2D eigenvalue weighted by Gasteiger charge is -2.13. The number of carbonyl (C=O) groups is 1. The van der Waals surface area contributed by atoms with Crippen molar-refractivity contribution in [3.63, 3.8) is 0 Å². The van der Waals surface area contributed by atoms with E-state index in [4.69, 9.17) is 24.8 Å². The van der Waals surface area contributed by atoms with Gasteiger partial charge in [-0.2, -0.15) is 0 Å². The van der Waals surface area contributed by atoms with Crippen LogP contribution < -0.4 is 0 Å². The molecule has 0 heterocycles. The third-order valence-electron chi connectivity index (χ3n) is 1.15. The number of hydrogen-bond donors (Lipinski definition) is 3. The molecule has 0 saturated heterocycles. The van der Waals surface area contributed by atoms with Gasteiger partial charge in [0.25, 0.3) is 0 Å². The third-order valence-corrected chi connectivity index (χ3v) is 1.15. The quantitative estimate of drug-likeness (QED) is 0.302. The van der Waals surface area contributed by atoms with E-state index in [1.807, 2.05) is 0 Å². The molecule has 0 aromatic carbocycles. The molecule has 0 aromatic rings. The highest BCUT2D eigenvalue weighted by Crippen LogP contribution is 1.93. The molecule has 6 heteroatoms. The van der Waals surface area contributed by atoms with Gasteiger partial charge in [-0.3, -0.25) is 4.79 Å². The van der Waals surface area contributed by atoms with Crippen LogP contribution in [0, 0.1) is 0 Å². The molecule has 0 saturated carbocycles. The molecule has 0 fully saturated rings. The Kier molecular flexibility index (Phi) is 7.76. The van der Waals surface area contributed by atoms with Gasteiger partial charge in [0.15, 0.2) is 6.29 Å². The minimum atomic E-state index is -1.10. The molecule has 0 amide bonds. The van der Waals surface area contributed by atoms with E-state index in [0.717, 1.165) is 0 Å². The van der Waals surface area contributed by atoms with Crippen molar-refractivity contribution in [2.75, 3.05) is 26.4 Å². The highest BCUT2D eigenvalue weighted by atomic mass is 16.7. The maximum absolute atomic E-state index is 10.2. The highest BCUT2D eigenvalue weighted by Gasteiger charge is 2.10. The van der Waals surface area contributed by atoms with Gasteiger partial charge < -0.3 is 24.8 Å². The van der Waals surface area contributed by atoms with Crippen LogP contribution in [-0.4, -0.2) is 60.4 Å². The fraction of sp³-hybridized carbons (Fsp3) is 0.857. The van der Waals surface area contributed by atoms with Crippen LogP contribution in [0.3, 0.4) is 0 Å². The van der Waals surface area contributed by atoms with Gasteiger partial charge >= 0.3 is 0 Å². The summed E-state index contributed by atoms with van der Waals surface area (Å²) in [5.41, 5.74) is 0. The van der Waals surface area contributed by atoms with Gasteiger partial charge in [-0.05, 0) is 0 Å². The van der Waals surface area contributed by atoms with E-state index in [1.54, 1.807) is 0 Å². The summed E-state index contributed by atoms with van der Waals surface area (Å²) in [6, 6.07) is 0. The summed E-state index contributed by atoms with van der Waals surface area (Å²) in [6.45, 7) is -0.855. The third kappa shape index (κ3) is 6.62. The number of rotatable bonds is 8. The molecule has 2 unspecified atom stereocenters. The van der Waals surface area contributed by atoms with Crippen LogP contribution in [0.5, 0.6) is 0 Å². The Bertz CT molecular complexity index is 128. The molecule has 0 bridgehead atoms. The van der Waals surface area contributed by atoms with Gasteiger partial charge in [-0.15, -0.1) is 0 Å². The van der Waals surface area contributed by atoms with E-state index >= 15 is 0 Å². The Morgan fingerprint density at radius 3 is 2.46 bits per heavy atom. The minimum absolute atomic E-state index is 0.0153. The first-order chi connectivity index (χ1) is 6.24. The summed E-state index contributed by atoms with van der Waals surface area (Å²) >= 11 is 0. The molecular formula is C7H14O6. The molecular weight excluding hydrogens is 180 g/mol. The first-order valence-corrected chi connectivity index (χ1v) is 3.82. The Morgan fingerprint density at radius 2 is 2.00 bits per heavy atom. The SMILES string of the molecule is O=CC(OCCO)OCC(O)CO. The molecule has 3 N–H and O–H groups in total. The second-order valence-electron chi connectivity index (χ2n) is 2.27. The fourth-order valence-corrected chi connectivity index (χ4v) is 0.554. The van der Waals surface area contributed by atoms with E-state index in [1.165, 1.54) is 0 Å². The molecule has 2 atom stereocenters. The van der Waals surface area contributed by atoms with Crippen LogP contribution in [0.1, 0.15) is 0 Å². The van der Waals surface area contributed by atoms with E-state index in [9.17, 15) is 4.79 Å². The Morgan fingerprint density at radius 1 is 1.31 bits per heavy atom. The lowest BCUT2D eigenvalue weighted by Crippen LogP contribution is -2.27. The summed E-state index contributed by atoms with van der Waals surface area (Å²) in [6.07, 6.45) is -1.73. The zero-order valence-corrected chi connectivity index (χ0v) is 7.13. The summed E-state index contributed by atoms with van der Waals surface area (Å²) in [5, 5.41) is 25.6. The van der Waals surface area contributed by atoms with E-state index in [2.05, 4.69) is 0 Å². The van der Waals surface area contributed by atoms with Crippen LogP contribution in [0.25, 0.3) is 0 Å². The van der Waals surface area contributed by atoms with Crippen LogP contribution >= 0.6 is 0 Å². The first kappa shape index (κ1) is 12.5. The van der Waals surface area contributed by atoms with Crippen molar-refractivity contribution in [1.82, 2.24) is 0 Å². The van der Waals surface area contributed by atoms with Crippen molar-refractivity contribution in [2.45, 2.75) is 12.4 Å². The smallest absolute Gasteiger partial charge is 0.214 e. The number of aliphatic hydroxyl groups excluding tert-OH is 3. The van der Waals surface area contributed by atoms with Crippen molar-refractivity contribution in [1.29, 1.82) is 0 Å². The van der Waals surface area contributed by atoms with Gasteiger partial charge in [0.2, 0.25) is 6.29 Å². The molecule has 0 spiro atoms. The highest BCUT2D eigenvalue weighted by molar-refractivity contribution is 5.53. The predicted molar refractivity (Wildman–Crippen MR) is 41.9 cm³/mol. The van der Waals surface area contributed by atoms with Crippen molar-refractivity contribution in [2.24, 2.45) is 0 Å². The maximum Gasteiger partial charge on any atom is 0.214 e. The minimum Gasteiger partial charge on any atom is -0.394 e. The summed E-state index contributed by atoms with van der Waals surface area (Å²) in [7, 11) is 0. The second kappa shape index (κ2) is 8.09. The molecule has 0 rings (SSSR count). The molecule has 0 aliphatic carbocycles. The zero-order chi connectivity index (χ0) is 10.1. The molecule has 0 radical (unpaired) electrons. The van der Waals surface area contributed by atoms with E-state index < -0.39 is 19.0 Å². The van der Waals surface area contributed by atoms with E-state index in [-0.39, 0.29) is 19.8 Å². The second-order valence-corrected chi connectivity index (χ2v) is 2.27. The largest absolute Gasteiger partial charge is 0.394 e. The van der Waals surface area contributed by atoms with Gasteiger partial charge in [-0.1, -0.05) is 0 Å². The number of ether oxygens (including phenoxy) is 2. The average Bonchev–Trinajstić information content (AvgIpc) is 2.17. The number of aldehydes is 1. The lowest BCUT2D eigenvalue weighted by atomic mass is 10.4.